The highest BCUT2D eigenvalue weighted by Crippen LogP contribution is 2.29. The van der Waals surface area contributed by atoms with Gasteiger partial charge in [-0.15, -0.1) is 0 Å². The lowest BCUT2D eigenvalue weighted by atomic mass is 9.88. The van der Waals surface area contributed by atoms with Gasteiger partial charge in [-0.2, -0.15) is 0 Å². The second-order valence-corrected chi connectivity index (χ2v) is 7.31. The Hall–Kier alpha value is -3.71. The minimum atomic E-state index is -1.66. The van der Waals surface area contributed by atoms with Gasteiger partial charge >= 0.3 is 5.97 Å². The number of nitrogens with zero attached hydrogens (tertiary/aromatic N) is 2. The van der Waals surface area contributed by atoms with Gasteiger partial charge in [0, 0.05) is 28.5 Å². The molecule has 0 saturated carbocycles. The molecule has 29 heavy (non-hydrogen) atoms. The van der Waals surface area contributed by atoms with Crippen molar-refractivity contribution in [3.63, 3.8) is 0 Å². The summed E-state index contributed by atoms with van der Waals surface area (Å²) in [6.07, 6.45) is 11.6. The predicted octanol–water partition coefficient (Wildman–Crippen LogP) is 0.707. The Labute approximate surface area is 165 Å². The number of carboxylic acid groups (broad SMARTS) is 1. The predicted molar refractivity (Wildman–Crippen MR) is 111 cm³/mol. The van der Waals surface area contributed by atoms with Crippen molar-refractivity contribution in [1.82, 2.24) is 9.97 Å². The average molecular weight is 386 g/mol. The molecule has 4 N–H and O–H groups in total. The summed E-state index contributed by atoms with van der Waals surface area (Å²) in [6, 6.07) is 7.63. The summed E-state index contributed by atoms with van der Waals surface area (Å²) in [7, 11) is 0. The van der Waals surface area contributed by atoms with Gasteiger partial charge in [-0.1, -0.05) is 6.08 Å². The molecule has 0 radical (unpaired) electrons. The fourth-order valence-electron chi connectivity index (χ4n) is 3.77. The van der Waals surface area contributed by atoms with Crippen molar-refractivity contribution in [2.24, 2.45) is 9.98 Å². The van der Waals surface area contributed by atoms with Gasteiger partial charge in [-0.05, 0) is 60.7 Å². The number of allylic oxidation sites excluding steroid dienone is 3. The molecule has 0 amide bonds. The second kappa shape index (κ2) is 6.42. The van der Waals surface area contributed by atoms with Crippen LogP contribution in [0.25, 0.3) is 18.2 Å². The van der Waals surface area contributed by atoms with E-state index < -0.39 is 17.6 Å². The molecule has 7 heteroatoms. The van der Waals surface area contributed by atoms with E-state index in [2.05, 4.69) is 20.0 Å². The highest BCUT2D eigenvalue weighted by atomic mass is 16.4. The Kier molecular flexibility index (Phi) is 3.85. The van der Waals surface area contributed by atoms with E-state index in [4.69, 9.17) is 0 Å². The number of hydrogen-bond donors (Lipinski definition) is 4. The molecule has 0 aromatic carbocycles. The summed E-state index contributed by atoms with van der Waals surface area (Å²) in [5.74, 6) is -1.31. The van der Waals surface area contributed by atoms with E-state index in [9.17, 15) is 15.0 Å². The summed E-state index contributed by atoms with van der Waals surface area (Å²) in [6.45, 7) is 0. The molecule has 2 unspecified atom stereocenters. The zero-order valence-corrected chi connectivity index (χ0v) is 15.3. The average Bonchev–Trinajstić information content (AvgIpc) is 3.46. The first-order valence-corrected chi connectivity index (χ1v) is 9.24. The number of aliphatic imine (C=N–C) groups is 2. The summed E-state index contributed by atoms with van der Waals surface area (Å²) in [5, 5.41) is 21.6. The van der Waals surface area contributed by atoms with Gasteiger partial charge in [-0.3, -0.25) is 4.99 Å². The molecule has 144 valence electrons. The molecule has 0 aliphatic carbocycles. The van der Waals surface area contributed by atoms with Crippen LogP contribution >= 0.6 is 0 Å². The Morgan fingerprint density at radius 2 is 1.79 bits per heavy atom. The third kappa shape index (κ3) is 3.21. The van der Waals surface area contributed by atoms with Gasteiger partial charge in [0.15, 0.2) is 6.10 Å². The fourth-order valence-corrected chi connectivity index (χ4v) is 3.77. The number of carbonyl (C=O) groups is 1. The molecule has 0 fully saturated rings. The number of aliphatic hydroxyl groups excluding tert-OH is 1. The van der Waals surface area contributed by atoms with E-state index in [-0.39, 0.29) is 6.42 Å². The standard InChI is InChI=1S/C22H18N4O3/c27-20(21(28)29)22-8-7-18(26-22)11-17-4-3-14(24-17)9-13-1-2-15(23-13)10-16-5-6-19(12-22)25-16/h1-11,20,24-25,27H,12H2,(H,28,29). The van der Waals surface area contributed by atoms with Crippen molar-refractivity contribution < 1.29 is 15.0 Å². The maximum absolute atomic E-state index is 11.6. The van der Waals surface area contributed by atoms with Gasteiger partial charge in [0.1, 0.15) is 5.54 Å². The number of aliphatic carboxylic acids is 1. The van der Waals surface area contributed by atoms with Crippen molar-refractivity contribution in [3.8, 4) is 0 Å². The SMILES string of the molecule is O=C(O)C(O)C12C=CC(=N1)C=c1ccc([nH]1)=CC1=NC(=Cc3ccc([nH]3)C2)C=C1. The van der Waals surface area contributed by atoms with E-state index in [1.807, 2.05) is 54.6 Å². The summed E-state index contributed by atoms with van der Waals surface area (Å²) in [5.41, 5.74) is 2.61. The summed E-state index contributed by atoms with van der Waals surface area (Å²) >= 11 is 0. The minimum absolute atomic E-state index is 0.228. The first-order valence-electron chi connectivity index (χ1n) is 9.24. The number of nitrogens with one attached hydrogen (secondary N) is 2. The number of aromatic nitrogens is 2. The second-order valence-electron chi connectivity index (χ2n) is 7.31. The van der Waals surface area contributed by atoms with Crippen molar-refractivity contribution in [1.29, 1.82) is 0 Å². The molecular formula is C22H18N4O3. The van der Waals surface area contributed by atoms with Crippen LogP contribution in [0.3, 0.4) is 0 Å². The highest BCUT2D eigenvalue weighted by Gasteiger charge is 2.42. The van der Waals surface area contributed by atoms with Crippen LogP contribution in [0.15, 0.2) is 64.3 Å². The van der Waals surface area contributed by atoms with Crippen LogP contribution in [0, 0.1) is 0 Å². The Morgan fingerprint density at radius 3 is 2.59 bits per heavy atom. The molecule has 0 saturated heterocycles. The van der Waals surface area contributed by atoms with E-state index in [1.165, 1.54) is 0 Å². The largest absolute Gasteiger partial charge is 0.479 e. The van der Waals surface area contributed by atoms with Gasteiger partial charge in [-0.25, -0.2) is 9.79 Å². The topological polar surface area (TPSA) is 114 Å². The third-order valence-electron chi connectivity index (χ3n) is 5.15. The fraction of sp³-hybridized carbons (Fsp3) is 0.136. The first-order chi connectivity index (χ1) is 14.0. The monoisotopic (exact) mass is 386 g/mol. The lowest BCUT2D eigenvalue weighted by molar-refractivity contribution is -0.149. The highest BCUT2D eigenvalue weighted by molar-refractivity contribution is 6.20. The Bertz CT molecular complexity index is 1290. The van der Waals surface area contributed by atoms with Crippen molar-refractivity contribution in [2.45, 2.75) is 18.1 Å². The van der Waals surface area contributed by atoms with Crippen LogP contribution in [0.4, 0.5) is 0 Å². The van der Waals surface area contributed by atoms with Crippen LogP contribution in [-0.4, -0.2) is 49.2 Å². The van der Waals surface area contributed by atoms with Gasteiger partial charge < -0.3 is 20.2 Å². The number of carboxylic acids is 1. The van der Waals surface area contributed by atoms with Crippen LogP contribution in [-0.2, 0) is 11.2 Å². The van der Waals surface area contributed by atoms with Crippen molar-refractivity contribution >= 4 is 35.6 Å². The molecule has 8 bridgehead atoms. The normalized spacial score (nSPS) is 23.0. The third-order valence-corrected chi connectivity index (χ3v) is 5.15. The molecular weight excluding hydrogens is 368 g/mol. The van der Waals surface area contributed by atoms with Crippen molar-refractivity contribution in [2.75, 3.05) is 0 Å². The maximum Gasteiger partial charge on any atom is 0.335 e. The van der Waals surface area contributed by atoms with Crippen LogP contribution in [0.5, 0.6) is 0 Å². The zero-order valence-electron chi connectivity index (χ0n) is 15.3. The number of aliphatic hydroxyl groups is 1. The molecule has 7 nitrogen and oxygen atoms in total. The molecule has 5 rings (SSSR count). The van der Waals surface area contributed by atoms with E-state index >= 15 is 0 Å². The van der Waals surface area contributed by atoms with Crippen LogP contribution in [0.1, 0.15) is 11.4 Å². The smallest absolute Gasteiger partial charge is 0.335 e. The van der Waals surface area contributed by atoms with E-state index in [1.54, 1.807) is 12.2 Å². The Balaban J connectivity index is 1.69. The zero-order chi connectivity index (χ0) is 20.0. The number of hydrogen-bond acceptors (Lipinski definition) is 4. The Morgan fingerprint density at radius 1 is 1.00 bits per heavy atom. The number of aromatic amines is 2. The van der Waals surface area contributed by atoms with E-state index in [0.29, 0.717) is 5.71 Å². The van der Waals surface area contributed by atoms with Crippen molar-refractivity contribution in [3.05, 3.63) is 76.4 Å². The lowest BCUT2D eigenvalue weighted by Gasteiger charge is -2.26. The van der Waals surface area contributed by atoms with Crippen LogP contribution in [0.2, 0.25) is 0 Å². The molecule has 0 spiro atoms. The maximum atomic E-state index is 11.6. The first kappa shape index (κ1) is 17.4. The van der Waals surface area contributed by atoms with Gasteiger partial charge in [0.05, 0.1) is 17.1 Å². The minimum Gasteiger partial charge on any atom is -0.479 e. The summed E-state index contributed by atoms with van der Waals surface area (Å²) < 4.78 is 0. The number of H-pyrrole nitrogens is 2. The number of fused-ring (bicyclic) bond motifs is 6. The number of rotatable bonds is 2. The molecule has 2 atom stereocenters. The molecule has 2 aromatic heterocycles. The summed E-state index contributed by atoms with van der Waals surface area (Å²) in [4.78, 5) is 27.3. The van der Waals surface area contributed by atoms with Gasteiger partial charge in [0.2, 0.25) is 0 Å². The molecule has 3 aliphatic rings. The molecule has 3 aliphatic heterocycles. The quantitative estimate of drug-likeness (QED) is 0.609. The molecule has 5 heterocycles. The van der Waals surface area contributed by atoms with E-state index in [0.717, 1.165) is 33.5 Å². The van der Waals surface area contributed by atoms with Crippen LogP contribution < -0.4 is 10.7 Å². The molecule has 2 aromatic rings. The van der Waals surface area contributed by atoms with Gasteiger partial charge in [0.25, 0.3) is 0 Å². The lowest BCUT2D eigenvalue weighted by Crippen LogP contribution is -2.45.